The third kappa shape index (κ3) is 1.96. The van der Waals surface area contributed by atoms with E-state index in [-0.39, 0.29) is 0 Å². The Morgan fingerprint density at radius 2 is 2.33 bits per heavy atom. The monoisotopic (exact) mass is 224 g/mol. The third-order valence-electron chi connectivity index (χ3n) is 3.42. The normalized spacial score (nSPS) is 25.9. The van der Waals surface area contributed by atoms with Crippen LogP contribution in [0.1, 0.15) is 25.8 Å². The standard InChI is InChI=1S/C12H17ClN2/c1-9-5-7-15(10(9)2)12-11(8-13)4-3-6-14-12/h3-4,6,9-10H,5,7-8H2,1-2H3. The number of rotatable bonds is 2. The van der Waals surface area contributed by atoms with E-state index in [0.717, 1.165) is 23.8 Å². The molecule has 0 aliphatic carbocycles. The summed E-state index contributed by atoms with van der Waals surface area (Å²) in [5.74, 6) is 2.36. The van der Waals surface area contributed by atoms with Crippen molar-refractivity contribution in [2.24, 2.45) is 5.92 Å². The molecule has 0 saturated carbocycles. The van der Waals surface area contributed by atoms with E-state index in [0.29, 0.717) is 11.9 Å². The summed E-state index contributed by atoms with van der Waals surface area (Å²) in [6.45, 7) is 5.67. The SMILES string of the molecule is CC1CCN(c2ncccc2CCl)C1C. The zero-order chi connectivity index (χ0) is 10.8. The van der Waals surface area contributed by atoms with Crippen molar-refractivity contribution < 1.29 is 0 Å². The van der Waals surface area contributed by atoms with Crippen LogP contribution in [0.15, 0.2) is 18.3 Å². The zero-order valence-corrected chi connectivity index (χ0v) is 10.0. The molecule has 0 bridgehead atoms. The van der Waals surface area contributed by atoms with Crippen molar-refractivity contribution in [2.75, 3.05) is 11.4 Å². The first-order valence-corrected chi connectivity index (χ1v) is 6.04. The second-order valence-corrected chi connectivity index (χ2v) is 4.59. The van der Waals surface area contributed by atoms with E-state index in [4.69, 9.17) is 11.6 Å². The molecule has 1 saturated heterocycles. The van der Waals surface area contributed by atoms with Crippen LogP contribution in [0, 0.1) is 5.92 Å². The predicted octanol–water partition coefficient (Wildman–Crippen LogP) is 3.06. The highest BCUT2D eigenvalue weighted by Crippen LogP contribution is 2.30. The molecular weight excluding hydrogens is 208 g/mol. The van der Waals surface area contributed by atoms with Gasteiger partial charge in [-0.1, -0.05) is 13.0 Å². The van der Waals surface area contributed by atoms with Crippen molar-refractivity contribution in [3.8, 4) is 0 Å². The lowest BCUT2D eigenvalue weighted by atomic mass is 10.1. The van der Waals surface area contributed by atoms with Gasteiger partial charge in [0.05, 0.1) is 5.88 Å². The minimum Gasteiger partial charge on any atom is -0.353 e. The van der Waals surface area contributed by atoms with Crippen LogP contribution in [-0.2, 0) is 5.88 Å². The molecule has 0 radical (unpaired) electrons. The Kier molecular flexibility index (Phi) is 3.15. The molecule has 1 fully saturated rings. The van der Waals surface area contributed by atoms with Gasteiger partial charge >= 0.3 is 0 Å². The van der Waals surface area contributed by atoms with Gasteiger partial charge in [0.2, 0.25) is 0 Å². The lowest BCUT2D eigenvalue weighted by molar-refractivity contribution is 0.544. The molecule has 1 aliphatic rings. The minimum absolute atomic E-state index is 0.542. The van der Waals surface area contributed by atoms with E-state index in [1.165, 1.54) is 6.42 Å². The van der Waals surface area contributed by atoms with Crippen molar-refractivity contribution in [2.45, 2.75) is 32.2 Å². The Labute approximate surface area is 96.3 Å². The molecular formula is C12H17ClN2. The summed E-state index contributed by atoms with van der Waals surface area (Å²) in [4.78, 5) is 6.84. The molecule has 2 unspecified atom stereocenters. The number of pyridine rings is 1. The van der Waals surface area contributed by atoms with E-state index < -0.39 is 0 Å². The van der Waals surface area contributed by atoms with Crippen LogP contribution in [0.4, 0.5) is 5.82 Å². The number of nitrogens with zero attached hydrogens (tertiary/aromatic N) is 2. The van der Waals surface area contributed by atoms with Crippen LogP contribution in [0.3, 0.4) is 0 Å². The molecule has 3 heteroatoms. The van der Waals surface area contributed by atoms with Gasteiger partial charge in [0, 0.05) is 24.3 Å². The lowest BCUT2D eigenvalue weighted by Crippen LogP contribution is -2.30. The maximum atomic E-state index is 5.93. The highest BCUT2D eigenvalue weighted by Gasteiger charge is 2.29. The van der Waals surface area contributed by atoms with Gasteiger partial charge in [-0.2, -0.15) is 0 Å². The Bertz CT molecular complexity index is 340. The van der Waals surface area contributed by atoms with Gasteiger partial charge < -0.3 is 4.90 Å². The Morgan fingerprint density at radius 3 is 2.93 bits per heavy atom. The van der Waals surface area contributed by atoms with Gasteiger partial charge in [-0.3, -0.25) is 0 Å². The van der Waals surface area contributed by atoms with E-state index in [2.05, 4.69) is 29.8 Å². The molecule has 0 N–H and O–H groups in total. The van der Waals surface area contributed by atoms with Crippen LogP contribution in [0.2, 0.25) is 0 Å². The molecule has 82 valence electrons. The maximum absolute atomic E-state index is 5.93. The second kappa shape index (κ2) is 4.40. The summed E-state index contributed by atoms with van der Waals surface area (Å²) in [6, 6.07) is 4.58. The molecule has 15 heavy (non-hydrogen) atoms. The lowest BCUT2D eigenvalue weighted by Gasteiger charge is -2.26. The topological polar surface area (TPSA) is 16.1 Å². The molecule has 1 aromatic rings. The Morgan fingerprint density at radius 1 is 1.53 bits per heavy atom. The van der Waals surface area contributed by atoms with Crippen molar-refractivity contribution in [1.82, 2.24) is 4.98 Å². The van der Waals surface area contributed by atoms with Gasteiger partial charge in [-0.15, -0.1) is 11.6 Å². The first kappa shape index (κ1) is 10.7. The maximum Gasteiger partial charge on any atom is 0.133 e. The second-order valence-electron chi connectivity index (χ2n) is 4.32. The molecule has 0 spiro atoms. The minimum atomic E-state index is 0.542. The molecule has 1 aromatic heterocycles. The average Bonchev–Trinajstić information content (AvgIpc) is 2.60. The van der Waals surface area contributed by atoms with Crippen molar-refractivity contribution in [1.29, 1.82) is 0 Å². The highest BCUT2D eigenvalue weighted by atomic mass is 35.5. The van der Waals surface area contributed by atoms with Crippen molar-refractivity contribution in [3.63, 3.8) is 0 Å². The fourth-order valence-electron chi connectivity index (χ4n) is 2.19. The average molecular weight is 225 g/mol. The predicted molar refractivity (Wildman–Crippen MR) is 64.4 cm³/mol. The van der Waals surface area contributed by atoms with Crippen LogP contribution < -0.4 is 4.90 Å². The molecule has 0 amide bonds. The van der Waals surface area contributed by atoms with Gasteiger partial charge in [0.15, 0.2) is 0 Å². The first-order valence-electron chi connectivity index (χ1n) is 5.50. The molecule has 2 rings (SSSR count). The fraction of sp³-hybridized carbons (Fsp3) is 0.583. The summed E-state index contributed by atoms with van der Waals surface area (Å²) in [5, 5.41) is 0. The number of aromatic nitrogens is 1. The Hall–Kier alpha value is -0.760. The van der Waals surface area contributed by atoms with Gasteiger partial charge in [-0.05, 0) is 25.3 Å². The third-order valence-corrected chi connectivity index (χ3v) is 3.71. The highest BCUT2D eigenvalue weighted by molar-refractivity contribution is 6.17. The largest absolute Gasteiger partial charge is 0.353 e. The summed E-state index contributed by atoms with van der Waals surface area (Å²) in [5.41, 5.74) is 1.14. The molecule has 1 aliphatic heterocycles. The van der Waals surface area contributed by atoms with E-state index >= 15 is 0 Å². The molecule has 2 atom stereocenters. The van der Waals surface area contributed by atoms with E-state index in [1.807, 2.05) is 12.3 Å². The van der Waals surface area contributed by atoms with Crippen LogP contribution >= 0.6 is 11.6 Å². The molecule has 0 aromatic carbocycles. The summed E-state index contributed by atoms with van der Waals surface area (Å²) in [6.07, 6.45) is 3.10. The van der Waals surface area contributed by atoms with Crippen molar-refractivity contribution in [3.05, 3.63) is 23.9 Å². The smallest absolute Gasteiger partial charge is 0.133 e. The Balaban J connectivity index is 2.29. The first-order chi connectivity index (χ1) is 7.24. The van der Waals surface area contributed by atoms with Gasteiger partial charge in [0.1, 0.15) is 5.82 Å². The van der Waals surface area contributed by atoms with E-state index in [9.17, 15) is 0 Å². The number of halogens is 1. The fourth-order valence-corrected chi connectivity index (χ4v) is 2.40. The summed E-state index contributed by atoms with van der Waals surface area (Å²) >= 11 is 5.93. The quantitative estimate of drug-likeness (QED) is 0.718. The van der Waals surface area contributed by atoms with Gasteiger partial charge in [-0.25, -0.2) is 4.98 Å². The number of hydrogen-bond acceptors (Lipinski definition) is 2. The van der Waals surface area contributed by atoms with Gasteiger partial charge in [0.25, 0.3) is 0 Å². The zero-order valence-electron chi connectivity index (χ0n) is 9.28. The summed E-state index contributed by atoms with van der Waals surface area (Å²) in [7, 11) is 0. The molecule has 2 heterocycles. The number of alkyl halides is 1. The number of anilines is 1. The summed E-state index contributed by atoms with van der Waals surface area (Å²) < 4.78 is 0. The van der Waals surface area contributed by atoms with Crippen molar-refractivity contribution >= 4 is 17.4 Å². The van der Waals surface area contributed by atoms with Crippen LogP contribution in [0.25, 0.3) is 0 Å². The van der Waals surface area contributed by atoms with E-state index in [1.54, 1.807) is 0 Å². The molecule has 2 nitrogen and oxygen atoms in total. The van der Waals surface area contributed by atoms with Crippen LogP contribution in [-0.4, -0.2) is 17.6 Å². The number of hydrogen-bond donors (Lipinski definition) is 0. The van der Waals surface area contributed by atoms with Crippen LogP contribution in [0.5, 0.6) is 0 Å².